The predicted molar refractivity (Wildman–Crippen MR) is 346 cm³/mol. The van der Waals surface area contributed by atoms with E-state index >= 15 is 0 Å². The number of nitrogens with zero attached hydrogens (tertiary/aromatic N) is 5. The van der Waals surface area contributed by atoms with E-state index in [1.54, 1.807) is 0 Å². The first-order chi connectivity index (χ1) is 39.3. The molecule has 0 aliphatic rings. The van der Waals surface area contributed by atoms with Crippen molar-refractivity contribution in [1.82, 2.24) is 18.7 Å². The normalized spacial score (nSPS) is 12.7. The van der Waals surface area contributed by atoms with Crippen molar-refractivity contribution >= 4 is 105 Å². The molecule has 0 aliphatic heterocycles. The third-order valence-corrected chi connectivity index (χ3v) is 21.5. The summed E-state index contributed by atoms with van der Waals surface area (Å²) in [5, 5.41) is 9.89. The average Bonchev–Trinajstić information content (AvgIpc) is 2.12. The maximum absolute atomic E-state index is 6.83. The molecular formula is C74H65N5OPtSSi-2. The summed E-state index contributed by atoms with van der Waals surface area (Å²) in [5.74, 6) is 2.01. The van der Waals surface area contributed by atoms with Gasteiger partial charge >= 0.3 is 0 Å². The third-order valence-electron chi connectivity index (χ3n) is 16.9. The Kier molecular flexibility index (Phi) is 13.0. The molecule has 6 nitrogen and oxygen atoms in total. The molecule has 0 saturated heterocycles. The van der Waals surface area contributed by atoms with Crippen LogP contribution in [0.15, 0.2) is 194 Å². The van der Waals surface area contributed by atoms with Gasteiger partial charge in [0.2, 0.25) is 0 Å². The van der Waals surface area contributed by atoms with Gasteiger partial charge in [-0.15, -0.1) is 41.0 Å². The van der Waals surface area contributed by atoms with Gasteiger partial charge in [0, 0.05) is 80.9 Å². The Bertz CT molecular complexity index is 4870. The molecule has 0 atom stereocenters. The molecular weight excluding hydrogens is 1230 g/mol. The van der Waals surface area contributed by atoms with Gasteiger partial charge in [-0.2, -0.15) is 18.2 Å². The van der Waals surface area contributed by atoms with Crippen molar-refractivity contribution in [3.8, 4) is 34.4 Å². The quantitative estimate of drug-likeness (QED) is 0.0864. The molecule has 0 radical (unpaired) electrons. The van der Waals surface area contributed by atoms with Gasteiger partial charge < -0.3 is 18.4 Å². The molecule has 0 spiro atoms. The summed E-state index contributed by atoms with van der Waals surface area (Å²) >= 11 is 1.86. The van der Waals surface area contributed by atoms with E-state index in [-0.39, 0.29) is 37.3 Å². The number of fused-ring (bicyclic) bond motifs is 10. The molecule has 0 fully saturated rings. The van der Waals surface area contributed by atoms with E-state index in [2.05, 4.69) is 282 Å². The number of pyridine rings is 1. The summed E-state index contributed by atoms with van der Waals surface area (Å²) < 4.78 is 18.7. The van der Waals surface area contributed by atoms with Crippen molar-refractivity contribution in [2.24, 2.45) is 0 Å². The van der Waals surface area contributed by atoms with Crippen LogP contribution in [0.25, 0.3) is 97.7 Å². The molecule has 83 heavy (non-hydrogen) atoms. The molecule has 0 unspecified atom stereocenters. The zero-order chi connectivity index (χ0) is 56.6. The van der Waals surface area contributed by atoms with Gasteiger partial charge in [-0.25, -0.2) is 4.98 Å². The van der Waals surface area contributed by atoms with Crippen molar-refractivity contribution < 1.29 is 30.4 Å². The second kappa shape index (κ2) is 19.9. The fourth-order valence-corrected chi connectivity index (χ4v) is 16.0. The Morgan fingerprint density at radius 3 is 1.84 bits per heavy atom. The first-order valence-corrected chi connectivity index (χ1v) is 32.3. The Balaban J connectivity index is 0.00000645. The van der Waals surface area contributed by atoms with Gasteiger partial charge in [-0.1, -0.05) is 195 Å². The van der Waals surface area contributed by atoms with Crippen LogP contribution in [-0.4, -0.2) is 26.8 Å². The van der Waals surface area contributed by atoms with Crippen LogP contribution in [0.1, 0.15) is 79.0 Å². The van der Waals surface area contributed by atoms with Crippen LogP contribution in [0.3, 0.4) is 0 Å². The number of rotatable bonds is 8. The molecule has 5 heterocycles. The van der Waals surface area contributed by atoms with Crippen molar-refractivity contribution in [2.75, 3.05) is 0 Å². The average molecular weight is 1300 g/mol. The fraction of sp³-hybridized carbons (Fsp3) is 0.189. The largest absolute Gasteiger partial charge is 0.510 e. The monoisotopic (exact) mass is 1290 g/mol. The van der Waals surface area contributed by atoms with Gasteiger partial charge in [-0.05, 0) is 97.7 Å². The summed E-state index contributed by atoms with van der Waals surface area (Å²) in [5.41, 5.74) is 13.2. The summed E-state index contributed by atoms with van der Waals surface area (Å²) in [6.45, 7) is 25.9. The predicted octanol–water partition coefficient (Wildman–Crippen LogP) is 17.8. The van der Waals surface area contributed by atoms with Gasteiger partial charge in [-0.3, -0.25) is 4.57 Å². The molecule has 5 aromatic heterocycles. The van der Waals surface area contributed by atoms with Crippen molar-refractivity contribution in [1.29, 1.82) is 0 Å². The molecule has 0 saturated carbocycles. The number of hydrogen-bond acceptors (Lipinski definition) is 3. The zero-order valence-electron chi connectivity index (χ0n) is 48.8. The third kappa shape index (κ3) is 9.16. The number of aromatic nitrogens is 5. The smallest absolute Gasteiger partial charge is 0.268 e. The minimum absolute atomic E-state index is 0. The van der Waals surface area contributed by atoms with E-state index in [1.807, 2.05) is 35.7 Å². The Morgan fingerprint density at radius 1 is 0.506 bits per heavy atom. The van der Waals surface area contributed by atoms with E-state index in [9.17, 15) is 0 Å². The van der Waals surface area contributed by atoms with Crippen molar-refractivity contribution in [2.45, 2.75) is 91.7 Å². The topological polar surface area (TPSA) is 40.8 Å². The summed E-state index contributed by atoms with van der Waals surface area (Å²) in [4.78, 5) is 4.92. The van der Waals surface area contributed by atoms with Gasteiger partial charge in [0.25, 0.3) is 6.33 Å². The van der Waals surface area contributed by atoms with E-state index < -0.39 is 8.07 Å². The van der Waals surface area contributed by atoms with Crippen LogP contribution < -0.4 is 19.7 Å². The summed E-state index contributed by atoms with van der Waals surface area (Å²) in [6.07, 6.45) is 5.94. The molecule has 14 aromatic rings. The number of para-hydroxylation sites is 4. The first kappa shape index (κ1) is 54.4. The fourth-order valence-electron chi connectivity index (χ4n) is 12.2. The van der Waals surface area contributed by atoms with E-state index in [0.717, 1.165) is 66.8 Å². The molecule has 414 valence electrons. The molecule has 9 aromatic carbocycles. The Morgan fingerprint density at radius 2 is 1.12 bits per heavy atom. The minimum Gasteiger partial charge on any atom is -0.510 e. The van der Waals surface area contributed by atoms with Gasteiger partial charge in [0.15, 0.2) is 0 Å². The van der Waals surface area contributed by atoms with E-state index in [1.165, 1.54) is 58.0 Å². The molecule has 0 amide bonds. The first-order valence-electron chi connectivity index (χ1n) is 28.5. The maximum atomic E-state index is 6.83. The second-order valence-electron chi connectivity index (χ2n) is 25.8. The number of thiophene rings is 1. The Hall–Kier alpha value is -7.87. The molecule has 0 bridgehead atoms. The van der Waals surface area contributed by atoms with Gasteiger partial charge in [0.1, 0.15) is 13.9 Å². The van der Waals surface area contributed by atoms with Crippen LogP contribution in [0.4, 0.5) is 0 Å². The van der Waals surface area contributed by atoms with Crippen LogP contribution in [0, 0.1) is 18.5 Å². The maximum Gasteiger partial charge on any atom is 0.268 e. The van der Waals surface area contributed by atoms with Crippen LogP contribution >= 0.6 is 11.3 Å². The molecule has 14 rings (SSSR count). The van der Waals surface area contributed by atoms with Crippen molar-refractivity contribution in [3.05, 3.63) is 229 Å². The van der Waals surface area contributed by atoms with E-state index in [4.69, 9.17) is 9.72 Å². The molecule has 9 heteroatoms. The second-order valence-corrected chi connectivity index (χ2v) is 31.2. The van der Waals surface area contributed by atoms with Gasteiger partial charge in [0.05, 0.1) is 27.8 Å². The number of benzene rings is 9. The summed E-state index contributed by atoms with van der Waals surface area (Å²) in [7, 11) is -2.64. The standard InChI is InChI=1S/C74H65N5OSSi.Pt/c1-72(2,3)47-37-38-75-69(42-47)79-62-27-16-12-23-55(62)57-33-32-53(45-65(57)79)80-52-22-20-21-50(43-52)76-46-77(64-29-18-17-28-63(64)76)71-68(82(10,11)54-40-48(73(4,5)6)39-49(41-54)74(7,8)9)36-34-59-56-24-13-15-26-61(56)78(70(59)71)51-31-35-67-60(44-51)58-25-14-19-30-66(58)81-67;/h12-42,44H,1-11H3;/q-2;. The SMILES string of the molecule is CC(C)(C)c1cc(C(C)(C)C)cc([Si](C)(C)c2ccc3c4ccccc4n(-c4ccc5sc6ccccc6c5c4)c3c2-[n+]2[c-]n(-c3[c-]c(Oc4[c-]c5c(cc4)c4ccccc4n5-c4cc(C(C)(C)C)ccn4)ccc3)c3ccccc32)c1.[Pt]. The molecule has 0 N–H and O–H groups in total. The van der Waals surface area contributed by atoms with Crippen LogP contribution in [0.2, 0.25) is 13.1 Å². The minimum atomic E-state index is -2.64. The van der Waals surface area contributed by atoms with E-state index in [0.29, 0.717) is 11.5 Å². The number of hydrogen-bond donors (Lipinski definition) is 0. The zero-order valence-corrected chi connectivity index (χ0v) is 52.9. The Labute approximate surface area is 505 Å². The number of ether oxygens (including phenoxy) is 1. The number of imidazole rings is 1. The van der Waals surface area contributed by atoms with Crippen molar-refractivity contribution in [3.63, 3.8) is 0 Å². The molecule has 0 aliphatic carbocycles. The van der Waals surface area contributed by atoms with Crippen LogP contribution in [0.5, 0.6) is 11.5 Å². The van der Waals surface area contributed by atoms with Crippen LogP contribution in [-0.2, 0) is 37.3 Å². The summed E-state index contributed by atoms with van der Waals surface area (Å²) in [6, 6.07) is 76.3.